The molecule has 0 atom stereocenters. The van der Waals surface area contributed by atoms with Gasteiger partial charge in [0.15, 0.2) is 15.6 Å². The Labute approximate surface area is 107 Å². The number of halogens is 1. The van der Waals surface area contributed by atoms with E-state index in [1.165, 1.54) is 6.07 Å². The van der Waals surface area contributed by atoms with Crippen molar-refractivity contribution in [2.24, 2.45) is 0 Å². The Morgan fingerprint density at radius 1 is 1.29 bits per heavy atom. The minimum Gasteiger partial charge on any atom is -0.293 e. The number of hydrogen-bond donors (Lipinski definition) is 0. The lowest BCUT2D eigenvalue weighted by Crippen LogP contribution is -2.33. The van der Waals surface area contributed by atoms with Crippen LogP contribution >= 0.6 is 11.6 Å². The third kappa shape index (κ3) is 3.54. The minimum absolute atomic E-state index is 0.324. The summed E-state index contributed by atoms with van der Waals surface area (Å²) in [4.78, 5) is 11.8. The second-order valence-electron chi connectivity index (χ2n) is 4.80. The fraction of sp³-hybridized carbons (Fsp3) is 0.417. The molecule has 0 aliphatic heterocycles. The number of sulfone groups is 1. The summed E-state index contributed by atoms with van der Waals surface area (Å²) in [6.45, 7) is 4.73. The average molecular weight is 275 g/mol. The van der Waals surface area contributed by atoms with Gasteiger partial charge in [0.05, 0.1) is 4.75 Å². The molecular weight excluding hydrogens is 260 g/mol. The number of carbonyl (C=O) groups excluding carboxylic acids is 1. The highest BCUT2D eigenvalue weighted by molar-refractivity contribution is 7.93. The highest BCUT2D eigenvalue weighted by atomic mass is 35.5. The Balaban J connectivity index is 2.96. The molecule has 0 saturated carbocycles. The van der Waals surface area contributed by atoms with Gasteiger partial charge in [-0.2, -0.15) is 0 Å². The molecule has 0 aliphatic rings. The van der Waals surface area contributed by atoms with E-state index in [1.54, 1.807) is 39.0 Å². The largest absolute Gasteiger partial charge is 0.293 e. The molecule has 1 aromatic carbocycles. The third-order valence-electron chi connectivity index (χ3n) is 2.40. The molecule has 0 bridgehead atoms. The lowest BCUT2D eigenvalue weighted by Gasteiger charge is -2.18. The van der Waals surface area contributed by atoms with Gasteiger partial charge in [-0.25, -0.2) is 8.42 Å². The van der Waals surface area contributed by atoms with Gasteiger partial charge in [-0.05, 0) is 32.9 Å². The van der Waals surface area contributed by atoms with E-state index in [1.807, 2.05) is 0 Å². The molecule has 94 valence electrons. The maximum atomic E-state index is 11.9. The molecule has 5 heteroatoms. The van der Waals surface area contributed by atoms with Gasteiger partial charge in [-0.3, -0.25) is 4.79 Å². The summed E-state index contributed by atoms with van der Waals surface area (Å²) >= 11 is 5.75. The van der Waals surface area contributed by atoms with Gasteiger partial charge in [0, 0.05) is 10.6 Å². The molecular formula is C12H15ClO3S. The highest BCUT2D eigenvalue weighted by Gasteiger charge is 2.31. The minimum atomic E-state index is -3.45. The van der Waals surface area contributed by atoms with E-state index in [9.17, 15) is 13.2 Å². The topological polar surface area (TPSA) is 51.2 Å². The molecule has 17 heavy (non-hydrogen) atoms. The van der Waals surface area contributed by atoms with Crippen LogP contribution in [0.25, 0.3) is 0 Å². The highest BCUT2D eigenvalue weighted by Crippen LogP contribution is 2.18. The molecule has 0 fully saturated rings. The summed E-state index contributed by atoms with van der Waals surface area (Å²) in [5.74, 6) is -0.918. The Morgan fingerprint density at radius 3 is 2.35 bits per heavy atom. The summed E-state index contributed by atoms with van der Waals surface area (Å²) in [7, 11) is -3.45. The van der Waals surface area contributed by atoms with Gasteiger partial charge in [0.25, 0.3) is 0 Å². The van der Waals surface area contributed by atoms with Crippen molar-refractivity contribution in [2.45, 2.75) is 25.5 Å². The number of carbonyl (C=O) groups is 1. The van der Waals surface area contributed by atoms with Crippen LogP contribution in [-0.2, 0) is 9.84 Å². The number of benzene rings is 1. The van der Waals surface area contributed by atoms with Crippen molar-refractivity contribution in [3.05, 3.63) is 34.9 Å². The summed E-state index contributed by atoms with van der Waals surface area (Å²) in [5.41, 5.74) is 0.324. The monoisotopic (exact) mass is 274 g/mol. The molecule has 0 spiro atoms. The molecule has 0 aromatic heterocycles. The van der Waals surface area contributed by atoms with Crippen molar-refractivity contribution in [1.82, 2.24) is 0 Å². The standard InChI is InChI=1S/C12H15ClO3S/c1-12(2,3)17(15,16)8-11(14)9-5-4-6-10(13)7-9/h4-7H,8H2,1-3H3. The van der Waals surface area contributed by atoms with Crippen LogP contribution in [0.3, 0.4) is 0 Å². The predicted octanol–water partition coefficient (Wildman–Crippen LogP) is 2.74. The Morgan fingerprint density at radius 2 is 1.88 bits per heavy atom. The molecule has 1 rings (SSSR count). The van der Waals surface area contributed by atoms with Crippen molar-refractivity contribution in [3.8, 4) is 0 Å². The fourth-order valence-corrected chi connectivity index (χ4v) is 2.27. The lowest BCUT2D eigenvalue weighted by atomic mass is 10.1. The quantitative estimate of drug-likeness (QED) is 0.797. The summed E-state index contributed by atoms with van der Waals surface area (Å²) in [5, 5.41) is 0.420. The maximum Gasteiger partial charge on any atom is 0.177 e. The zero-order chi connectivity index (χ0) is 13.3. The van der Waals surface area contributed by atoms with Gasteiger partial charge in [-0.1, -0.05) is 23.7 Å². The van der Waals surface area contributed by atoms with E-state index in [2.05, 4.69) is 0 Å². The van der Waals surface area contributed by atoms with Crippen molar-refractivity contribution in [1.29, 1.82) is 0 Å². The zero-order valence-corrected chi connectivity index (χ0v) is 11.6. The molecule has 0 heterocycles. The van der Waals surface area contributed by atoms with E-state index >= 15 is 0 Å². The van der Waals surface area contributed by atoms with Crippen LogP contribution in [0.1, 0.15) is 31.1 Å². The van der Waals surface area contributed by atoms with Gasteiger partial charge >= 0.3 is 0 Å². The molecule has 0 saturated heterocycles. The Bertz CT molecular complexity index is 527. The first kappa shape index (κ1) is 14.2. The summed E-state index contributed by atoms with van der Waals surface area (Å²) in [6.07, 6.45) is 0. The van der Waals surface area contributed by atoms with Gasteiger partial charge < -0.3 is 0 Å². The van der Waals surface area contributed by atoms with E-state index in [4.69, 9.17) is 11.6 Å². The molecule has 3 nitrogen and oxygen atoms in total. The SMILES string of the molecule is CC(C)(C)S(=O)(=O)CC(=O)c1cccc(Cl)c1. The van der Waals surface area contributed by atoms with Crippen LogP contribution in [0.15, 0.2) is 24.3 Å². The second kappa shape index (κ2) is 4.78. The fourth-order valence-electron chi connectivity index (χ4n) is 1.13. The van der Waals surface area contributed by atoms with E-state index in [0.29, 0.717) is 10.6 Å². The van der Waals surface area contributed by atoms with Crippen LogP contribution in [0.5, 0.6) is 0 Å². The zero-order valence-electron chi connectivity index (χ0n) is 10.0. The van der Waals surface area contributed by atoms with Crippen LogP contribution in [-0.4, -0.2) is 24.7 Å². The van der Waals surface area contributed by atoms with Crippen LogP contribution < -0.4 is 0 Å². The molecule has 0 aliphatic carbocycles. The first-order valence-corrected chi connectivity index (χ1v) is 7.17. The Kier molecular flexibility index (Phi) is 3.99. The number of hydrogen-bond acceptors (Lipinski definition) is 3. The van der Waals surface area contributed by atoms with Crippen LogP contribution in [0.2, 0.25) is 5.02 Å². The molecule has 1 aromatic rings. The van der Waals surface area contributed by atoms with Crippen LogP contribution in [0.4, 0.5) is 0 Å². The Hall–Kier alpha value is -0.870. The smallest absolute Gasteiger partial charge is 0.177 e. The number of ketones is 1. The molecule has 0 amide bonds. The van der Waals surface area contributed by atoms with E-state index < -0.39 is 26.1 Å². The summed E-state index contributed by atoms with van der Waals surface area (Å²) in [6, 6.07) is 6.30. The van der Waals surface area contributed by atoms with E-state index in [-0.39, 0.29) is 0 Å². The first-order valence-electron chi connectivity index (χ1n) is 5.14. The molecule has 0 N–H and O–H groups in total. The van der Waals surface area contributed by atoms with Gasteiger partial charge in [0.1, 0.15) is 5.75 Å². The lowest BCUT2D eigenvalue weighted by molar-refractivity contribution is 0.102. The normalized spacial score (nSPS) is 12.5. The molecule has 0 unspecified atom stereocenters. The van der Waals surface area contributed by atoms with Crippen LogP contribution in [0, 0.1) is 0 Å². The second-order valence-corrected chi connectivity index (χ2v) is 7.98. The molecule has 0 radical (unpaired) electrons. The third-order valence-corrected chi connectivity index (χ3v) is 5.14. The van der Waals surface area contributed by atoms with Crippen molar-refractivity contribution < 1.29 is 13.2 Å². The number of rotatable bonds is 3. The number of Topliss-reactive ketones (excluding diaryl/α,β-unsaturated/α-hetero) is 1. The summed E-state index contributed by atoms with van der Waals surface area (Å²) < 4.78 is 22.8. The average Bonchev–Trinajstić information content (AvgIpc) is 2.15. The van der Waals surface area contributed by atoms with Crippen molar-refractivity contribution in [2.75, 3.05) is 5.75 Å². The first-order chi connectivity index (χ1) is 7.63. The van der Waals surface area contributed by atoms with Gasteiger partial charge in [0.2, 0.25) is 0 Å². The predicted molar refractivity (Wildman–Crippen MR) is 69.3 cm³/mol. The van der Waals surface area contributed by atoms with E-state index in [0.717, 1.165) is 0 Å². The van der Waals surface area contributed by atoms with Crippen molar-refractivity contribution in [3.63, 3.8) is 0 Å². The maximum absolute atomic E-state index is 11.9. The van der Waals surface area contributed by atoms with Gasteiger partial charge in [-0.15, -0.1) is 0 Å². The van der Waals surface area contributed by atoms with Crippen molar-refractivity contribution >= 4 is 27.2 Å².